The van der Waals surface area contributed by atoms with E-state index in [9.17, 15) is 10.5 Å². The van der Waals surface area contributed by atoms with Crippen molar-refractivity contribution in [3.05, 3.63) is 102 Å². The standard InChI is InChI=1S/C28H14N4S/c29-15-18-11-23(14-24(12-18)28-32-26-3-1-2-4-27(26)33-28)20-7-5-19(6-8-20)21-9-10-22(16-30)25(13-21)17-31/h1-14H. The molecule has 33 heavy (non-hydrogen) atoms. The smallest absolute Gasteiger partial charge is 0.124 e. The van der Waals surface area contributed by atoms with Gasteiger partial charge in [-0.15, -0.1) is 11.3 Å². The van der Waals surface area contributed by atoms with Crippen LogP contribution in [0.5, 0.6) is 0 Å². The number of rotatable bonds is 3. The summed E-state index contributed by atoms with van der Waals surface area (Å²) in [5.41, 5.74) is 6.91. The fraction of sp³-hybridized carbons (Fsp3) is 0. The minimum absolute atomic E-state index is 0.362. The molecule has 0 fully saturated rings. The fourth-order valence-corrected chi connectivity index (χ4v) is 4.70. The van der Waals surface area contributed by atoms with Crippen molar-refractivity contribution in [1.82, 2.24) is 4.98 Å². The second-order valence-electron chi connectivity index (χ2n) is 7.46. The zero-order chi connectivity index (χ0) is 22.8. The predicted molar refractivity (Wildman–Crippen MR) is 130 cm³/mol. The lowest BCUT2D eigenvalue weighted by Crippen LogP contribution is -1.87. The van der Waals surface area contributed by atoms with Gasteiger partial charge < -0.3 is 0 Å². The number of thiazole rings is 1. The molecule has 0 N–H and O–H groups in total. The van der Waals surface area contributed by atoms with Crippen LogP contribution in [-0.2, 0) is 0 Å². The molecule has 0 radical (unpaired) electrons. The van der Waals surface area contributed by atoms with Crippen LogP contribution in [0.2, 0.25) is 0 Å². The van der Waals surface area contributed by atoms with Gasteiger partial charge in [-0.1, -0.05) is 42.5 Å². The first-order valence-electron chi connectivity index (χ1n) is 10.1. The minimum atomic E-state index is 0.362. The van der Waals surface area contributed by atoms with E-state index in [4.69, 9.17) is 10.2 Å². The van der Waals surface area contributed by atoms with Crippen LogP contribution in [0.25, 0.3) is 43.0 Å². The molecule has 1 aromatic heterocycles. The van der Waals surface area contributed by atoms with E-state index in [1.807, 2.05) is 72.8 Å². The van der Waals surface area contributed by atoms with Gasteiger partial charge in [-0.05, 0) is 64.7 Å². The highest BCUT2D eigenvalue weighted by Crippen LogP contribution is 2.34. The van der Waals surface area contributed by atoms with Gasteiger partial charge in [0.1, 0.15) is 17.1 Å². The molecular formula is C28H14N4S. The number of fused-ring (bicyclic) bond motifs is 1. The van der Waals surface area contributed by atoms with Gasteiger partial charge in [0.2, 0.25) is 0 Å². The van der Waals surface area contributed by atoms with E-state index in [0.29, 0.717) is 16.7 Å². The number of benzene rings is 4. The van der Waals surface area contributed by atoms with Crippen LogP contribution in [0, 0.1) is 34.0 Å². The van der Waals surface area contributed by atoms with E-state index in [1.54, 1.807) is 23.5 Å². The van der Waals surface area contributed by atoms with Gasteiger partial charge in [0.05, 0.1) is 33.0 Å². The van der Waals surface area contributed by atoms with Gasteiger partial charge in [0, 0.05) is 5.56 Å². The van der Waals surface area contributed by atoms with Crippen molar-refractivity contribution in [1.29, 1.82) is 15.8 Å². The molecule has 1 heterocycles. The van der Waals surface area contributed by atoms with Crippen molar-refractivity contribution in [3.8, 4) is 51.0 Å². The van der Waals surface area contributed by atoms with Gasteiger partial charge >= 0.3 is 0 Å². The molecule has 152 valence electrons. The molecule has 0 aliphatic heterocycles. The molecule has 0 atom stereocenters. The molecule has 0 amide bonds. The maximum absolute atomic E-state index is 9.59. The largest absolute Gasteiger partial charge is 0.236 e. The number of nitriles is 3. The molecule has 0 aliphatic carbocycles. The van der Waals surface area contributed by atoms with Gasteiger partial charge in [-0.2, -0.15) is 15.8 Å². The third kappa shape index (κ3) is 3.84. The second-order valence-corrected chi connectivity index (χ2v) is 8.49. The van der Waals surface area contributed by atoms with Crippen molar-refractivity contribution in [2.75, 3.05) is 0 Å². The van der Waals surface area contributed by atoms with Crippen LogP contribution in [0.3, 0.4) is 0 Å². The average molecular weight is 439 g/mol. The summed E-state index contributed by atoms with van der Waals surface area (Å²) in [7, 11) is 0. The van der Waals surface area contributed by atoms with Gasteiger partial charge in [0.25, 0.3) is 0 Å². The normalized spacial score (nSPS) is 10.3. The summed E-state index contributed by atoms with van der Waals surface area (Å²) in [6, 6.07) is 33.4. The maximum atomic E-state index is 9.59. The van der Waals surface area contributed by atoms with Crippen LogP contribution in [0.1, 0.15) is 16.7 Å². The Labute approximate surface area is 194 Å². The third-order valence-electron chi connectivity index (χ3n) is 5.41. The molecule has 4 nitrogen and oxygen atoms in total. The van der Waals surface area contributed by atoms with Crippen molar-refractivity contribution in [2.45, 2.75) is 0 Å². The Morgan fingerprint density at radius 3 is 1.94 bits per heavy atom. The van der Waals surface area contributed by atoms with E-state index in [1.165, 1.54) is 0 Å². The molecule has 5 aromatic rings. The van der Waals surface area contributed by atoms with Crippen LogP contribution >= 0.6 is 11.3 Å². The lowest BCUT2D eigenvalue weighted by molar-refractivity contribution is 1.43. The molecule has 5 heteroatoms. The molecule has 5 rings (SSSR count). The molecule has 4 aromatic carbocycles. The summed E-state index contributed by atoms with van der Waals surface area (Å²) in [6.07, 6.45) is 0. The van der Waals surface area contributed by atoms with E-state index in [-0.39, 0.29) is 0 Å². The van der Waals surface area contributed by atoms with Gasteiger partial charge in [-0.3, -0.25) is 0 Å². The lowest BCUT2D eigenvalue weighted by Gasteiger charge is -2.08. The van der Waals surface area contributed by atoms with Crippen LogP contribution in [0.4, 0.5) is 0 Å². The second kappa shape index (κ2) is 8.40. The van der Waals surface area contributed by atoms with Crippen molar-refractivity contribution < 1.29 is 0 Å². The summed E-state index contributed by atoms with van der Waals surface area (Å²) in [5.74, 6) is 0. The fourth-order valence-electron chi connectivity index (χ4n) is 3.75. The highest BCUT2D eigenvalue weighted by atomic mass is 32.1. The molecule has 0 unspecified atom stereocenters. The first-order chi connectivity index (χ1) is 16.2. The first-order valence-corrected chi connectivity index (χ1v) is 11.0. The van der Waals surface area contributed by atoms with Crippen LogP contribution in [-0.4, -0.2) is 4.98 Å². The van der Waals surface area contributed by atoms with E-state index in [0.717, 1.165) is 43.0 Å². The lowest BCUT2D eigenvalue weighted by atomic mass is 9.96. The average Bonchev–Trinajstić information content (AvgIpc) is 3.32. The van der Waals surface area contributed by atoms with E-state index in [2.05, 4.69) is 18.2 Å². The quantitative estimate of drug-likeness (QED) is 0.306. The summed E-state index contributed by atoms with van der Waals surface area (Å²) in [6.45, 7) is 0. The zero-order valence-electron chi connectivity index (χ0n) is 17.3. The SMILES string of the molecule is N#Cc1cc(-c2ccc(-c3ccc(C#N)c(C#N)c3)cc2)cc(-c2nc3ccccc3s2)c1. The molecule has 0 saturated heterocycles. The Bertz CT molecular complexity index is 1610. The van der Waals surface area contributed by atoms with Gasteiger partial charge in [-0.25, -0.2) is 4.98 Å². The number of para-hydroxylation sites is 1. The Kier molecular flexibility index (Phi) is 5.13. The van der Waals surface area contributed by atoms with Gasteiger partial charge in [0.15, 0.2) is 0 Å². The third-order valence-corrected chi connectivity index (χ3v) is 6.50. The van der Waals surface area contributed by atoms with E-state index < -0.39 is 0 Å². The molecule has 0 saturated carbocycles. The Morgan fingerprint density at radius 2 is 1.24 bits per heavy atom. The summed E-state index contributed by atoms with van der Waals surface area (Å²) in [4.78, 5) is 4.74. The Morgan fingerprint density at radius 1 is 0.576 bits per heavy atom. The van der Waals surface area contributed by atoms with Crippen molar-refractivity contribution in [3.63, 3.8) is 0 Å². The molecule has 0 spiro atoms. The highest BCUT2D eigenvalue weighted by molar-refractivity contribution is 7.21. The molecular weight excluding hydrogens is 424 g/mol. The first kappa shape index (κ1) is 20.2. The predicted octanol–water partition coefficient (Wildman–Crippen LogP) is 6.91. The summed E-state index contributed by atoms with van der Waals surface area (Å²) < 4.78 is 1.11. The maximum Gasteiger partial charge on any atom is 0.124 e. The van der Waals surface area contributed by atoms with Crippen molar-refractivity contribution in [2.24, 2.45) is 0 Å². The zero-order valence-corrected chi connectivity index (χ0v) is 18.1. The van der Waals surface area contributed by atoms with E-state index >= 15 is 0 Å². The Hall–Kier alpha value is -4.76. The Balaban J connectivity index is 1.53. The van der Waals surface area contributed by atoms with Crippen LogP contribution in [0.15, 0.2) is 84.9 Å². The van der Waals surface area contributed by atoms with Crippen LogP contribution < -0.4 is 0 Å². The summed E-state index contributed by atoms with van der Waals surface area (Å²) >= 11 is 1.61. The molecule has 0 aliphatic rings. The molecule has 0 bridgehead atoms. The topological polar surface area (TPSA) is 84.3 Å². The number of nitrogens with zero attached hydrogens (tertiary/aromatic N) is 4. The number of hydrogen-bond acceptors (Lipinski definition) is 5. The monoisotopic (exact) mass is 438 g/mol. The summed E-state index contributed by atoms with van der Waals surface area (Å²) in [5, 5.41) is 28.9. The minimum Gasteiger partial charge on any atom is -0.236 e. The van der Waals surface area contributed by atoms with Crippen molar-refractivity contribution >= 4 is 21.6 Å². The number of aromatic nitrogens is 1. The number of hydrogen-bond donors (Lipinski definition) is 0. The highest BCUT2D eigenvalue weighted by Gasteiger charge is 2.11.